The molecule has 6 nitrogen and oxygen atoms in total. The highest BCUT2D eigenvalue weighted by Crippen LogP contribution is 2.32. The number of rotatable bonds is 5. The second kappa shape index (κ2) is 6.90. The molecule has 4 rings (SSSR count). The Morgan fingerprint density at radius 3 is 2.92 bits per heavy atom. The summed E-state index contributed by atoms with van der Waals surface area (Å²) in [5, 5.41) is 0. The third-order valence-electron chi connectivity index (χ3n) is 4.75. The Morgan fingerprint density at radius 2 is 2.12 bits per heavy atom. The molecule has 1 aliphatic heterocycles. The first-order chi connectivity index (χ1) is 12.2. The van der Waals surface area contributed by atoms with E-state index < -0.39 is 0 Å². The molecule has 0 saturated carbocycles. The van der Waals surface area contributed by atoms with Crippen molar-refractivity contribution in [3.63, 3.8) is 0 Å². The Balaban J connectivity index is 1.53. The Hall–Kier alpha value is -2.31. The Kier molecular flexibility index (Phi) is 4.46. The zero-order valence-electron chi connectivity index (χ0n) is 14.7. The summed E-state index contributed by atoms with van der Waals surface area (Å²) in [6, 6.07) is 6.68. The van der Waals surface area contributed by atoms with Crippen molar-refractivity contribution in [1.29, 1.82) is 0 Å². The molecule has 0 radical (unpaired) electrons. The molecule has 0 aliphatic carbocycles. The predicted octanol–water partition coefficient (Wildman–Crippen LogP) is 3.14. The summed E-state index contributed by atoms with van der Waals surface area (Å²) in [4.78, 5) is 19.5. The molecule has 1 atom stereocenters. The number of ether oxygens (including phenoxy) is 1. The van der Waals surface area contributed by atoms with E-state index in [1.165, 1.54) is 12.0 Å². The molecule has 0 unspecified atom stereocenters. The zero-order valence-corrected chi connectivity index (χ0v) is 14.7. The van der Waals surface area contributed by atoms with Crippen molar-refractivity contribution in [2.75, 3.05) is 13.7 Å². The molecule has 0 bridgehead atoms. The summed E-state index contributed by atoms with van der Waals surface area (Å²) in [7, 11) is 1.65. The molecule has 3 aromatic rings. The van der Waals surface area contributed by atoms with Crippen LogP contribution in [0.25, 0.3) is 11.0 Å². The van der Waals surface area contributed by atoms with E-state index in [1.54, 1.807) is 7.11 Å². The minimum Gasteiger partial charge on any atom is -0.377 e. The normalized spacial score (nSPS) is 18.2. The molecule has 130 valence electrons. The van der Waals surface area contributed by atoms with Gasteiger partial charge in [0.25, 0.3) is 0 Å². The Morgan fingerprint density at radius 1 is 1.28 bits per heavy atom. The summed E-state index contributed by atoms with van der Waals surface area (Å²) in [5.41, 5.74) is 4.53. The first-order valence-electron chi connectivity index (χ1n) is 8.72. The molecule has 0 spiro atoms. The highest BCUT2D eigenvalue weighted by Gasteiger charge is 2.28. The number of imidazole rings is 1. The number of hydrogen-bond donors (Lipinski definition) is 1. The maximum absolute atomic E-state index is 5.07. The largest absolute Gasteiger partial charge is 0.377 e. The van der Waals surface area contributed by atoms with Gasteiger partial charge in [-0.1, -0.05) is 6.07 Å². The lowest BCUT2D eigenvalue weighted by molar-refractivity contribution is 0.177. The molecule has 3 heterocycles. The van der Waals surface area contributed by atoms with Gasteiger partial charge >= 0.3 is 0 Å². The fraction of sp³-hybridized carbons (Fsp3) is 0.421. The van der Waals surface area contributed by atoms with E-state index in [4.69, 9.17) is 9.72 Å². The van der Waals surface area contributed by atoms with Crippen LogP contribution in [-0.4, -0.2) is 38.5 Å². The third kappa shape index (κ3) is 3.41. The Labute approximate surface area is 147 Å². The summed E-state index contributed by atoms with van der Waals surface area (Å²) in [5.74, 6) is 1.78. The number of aromatic nitrogens is 4. The molecule has 0 amide bonds. The first-order valence-corrected chi connectivity index (χ1v) is 8.72. The average Bonchev–Trinajstić information content (AvgIpc) is 3.22. The van der Waals surface area contributed by atoms with Crippen LogP contribution in [0.15, 0.2) is 30.6 Å². The molecular formula is C19H23N5O. The number of aromatic amines is 1. The van der Waals surface area contributed by atoms with E-state index in [2.05, 4.69) is 45.0 Å². The third-order valence-corrected chi connectivity index (χ3v) is 4.75. The lowest BCUT2D eigenvalue weighted by Gasteiger charge is -2.22. The van der Waals surface area contributed by atoms with Crippen LogP contribution in [-0.2, 0) is 17.9 Å². The lowest BCUT2D eigenvalue weighted by atomic mass is 10.2. The van der Waals surface area contributed by atoms with Gasteiger partial charge in [0.15, 0.2) is 5.82 Å². The van der Waals surface area contributed by atoms with Crippen molar-refractivity contribution in [2.45, 2.75) is 39.0 Å². The monoisotopic (exact) mass is 337 g/mol. The minimum absolute atomic E-state index is 0.325. The van der Waals surface area contributed by atoms with Gasteiger partial charge in [-0.05, 0) is 44.0 Å². The van der Waals surface area contributed by atoms with Gasteiger partial charge in [0.2, 0.25) is 0 Å². The van der Waals surface area contributed by atoms with Crippen molar-refractivity contribution in [2.24, 2.45) is 0 Å². The van der Waals surface area contributed by atoms with Gasteiger partial charge < -0.3 is 9.72 Å². The van der Waals surface area contributed by atoms with Crippen LogP contribution in [0.5, 0.6) is 0 Å². The quantitative estimate of drug-likeness (QED) is 0.775. The maximum Gasteiger partial charge on any atom is 0.153 e. The van der Waals surface area contributed by atoms with Gasteiger partial charge in [-0.2, -0.15) is 0 Å². The van der Waals surface area contributed by atoms with Crippen molar-refractivity contribution in [3.05, 3.63) is 53.4 Å². The van der Waals surface area contributed by atoms with E-state index in [0.717, 1.165) is 47.8 Å². The van der Waals surface area contributed by atoms with E-state index >= 15 is 0 Å². The summed E-state index contributed by atoms with van der Waals surface area (Å²) >= 11 is 0. The molecule has 1 aromatic carbocycles. The van der Waals surface area contributed by atoms with Crippen LogP contribution in [0, 0.1) is 6.92 Å². The predicted molar refractivity (Wildman–Crippen MR) is 96.0 cm³/mol. The number of hydrogen-bond acceptors (Lipinski definition) is 5. The minimum atomic E-state index is 0.325. The second-order valence-electron chi connectivity index (χ2n) is 6.71. The summed E-state index contributed by atoms with van der Waals surface area (Å²) in [6.07, 6.45) is 6.11. The summed E-state index contributed by atoms with van der Waals surface area (Å²) in [6.45, 7) is 4.47. The molecule has 1 aliphatic rings. The van der Waals surface area contributed by atoms with E-state index in [9.17, 15) is 0 Å². The molecule has 25 heavy (non-hydrogen) atoms. The summed E-state index contributed by atoms with van der Waals surface area (Å²) < 4.78 is 5.07. The number of aryl methyl sites for hydroxylation is 1. The second-order valence-corrected chi connectivity index (χ2v) is 6.71. The first kappa shape index (κ1) is 16.2. The van der Waals surface area contributed by atoms with Gasteiger partial charge in [-0.3, -0.25) is 4.90 Å². The van der Waals surface area contributed by atoms with E-state index in [0.29, 0.717) is 12.6 Å². The van der Waals surface area contributed by atoms with E-state index in [1.807, 2.05) is 12.4 Å². The number of H-pyrrole nitrogens is 1. The van der Waals surface area contributed by atoms with Gasteiger partial charge in [0.05, 0.1) is 17.1 Å². The zero-order chi connectivity index (χ0) is 17.2. The van der Waals surface area contributed by atoms with Gasteiger partial charge in [-0.25, -0.2) is 15.0 Å². The highest BCUT2D eigenvalue weighted by atomic mass is 16.5. The van der Waals surface area contributed by atoms with Crippen LogP contribution in [0.4, 0.5) is 0 Å². The smallest absolute Gasteiger partial charge is 0.153 e. The molecule has 1 saturated heterocycles. The van der Waals surface area contributed by atoms with Gasteiger partial charge in [-0.15, -0.1) is 0 Å². The van der Waals surface area contributed by atoms with Crippen molar-refractivity contribution in [1.82, 2.24) is 24.8 Å². The maximum atomic E-state index is 5.07. The number of fused-ring (bicyclic) bond motifs is 1. The molecular weight excluding hydrogens is 314 g/mol. The van der Waals surface area contributed by atoms with Crippen LogP contribution in [0.3, 0.4) is 0 Å². The number of benzene rings is 1. The number of nitrogens with one attached hydrogen (secondary N) is 1. The number of likely N-dealkylation sites (tertiary alicyclic amines) is 1. The van der Waals surface area contributed by atoms with Gasteiger partial charge in [0, 0.05) is 31.6 Å². The van der Waals surface area contributed by atoms with Crippen LogP contribution < -0.4 is 0 Å². The standard InChI is InChI=1S/C19H23N5O/c1-13-5-6-15-16(8-13)23-19(22-15)17-4-3-7-24(17)11-14-9-20-18(12-25-2)21-10-14/h5-6,8-10,17H,3-4,7,11-12H2,1-2H3,(H,22,23)/t17-/m1/s1. The molecule has 6 heteroatoms. The van der Waals surface area contributed by atoms with Crippen molar-refractivity contribution in [3.8, 4) is 0 Å². The number of methoxy groups -OCH3 is 1. The number of nitrogens with zero attached hydrogens (tertiary/aromatic N) is 4. The Bertz CT molecular complexity index is 858. The molecule has 1 N–H and O–H groups in total. The highest BCUT2D eigenvalue weighted by molar-refractivity contribution is 5.75. The van der Waals surface area contributed by atoms with Crippen molar-refractivity contribution >= 4 is 11.0 Å². The SMILES string of the molecule is COCc1ncc(CN2CCC[C@@H]2c2nc3ccc(C)cc3[nH]2)cn1. The van der Waals surface area contributed by atoms with Crippen LogP contribution in [0.2, 0.25) is 0 Å². The molecule has 1 fully saturated rings. The molecule has 2 aromatic heterocycles. The van der Waals surface area contributed by atoms with Crippen LogP contribution >= 0.6 is 0 Å². The van der Waals surface area contributed by atoms with Crippen molar-refractivity contribution < 1.29 is 4.74 Å². The van der Waals surface area contributed by atoms with E-state index in [-0.39, 0.29) is 0 Å². The topological polar surface area (TPSA) is 66.9 Å². The fourth-order valence-corrected chi connectivity index (χ4v) is 3.53. The lowest BCUT2D eigenvalue weighted by Crippen LogP contribution is -2.23. The average molecular weight is 337 g/mol. The fourth-order valence-electron chi connectivity index (χ4n) is 3.53. The van der Waals surface area contributed by atoms with Crippen LogP contribution in [0.1, 0.15) is 41.7 Å². The van der Waals surface area contributed by atoms with Gasteiger partial charge in [0.1, 0.15) is 12.4 Å².